The molecule has 0 atom stereocenters. The molecular formula is C23H18F3N3O2. The lowest BCUT2D eigenvalue weighted by Gasteiger charge is -2.37. The molecule has 8 heteroatoms. The first-order valence-corrected chi connectivity index (χ1v) is 9.87. The van der Waals surface area contributed by atoms with Crippen LogP contribution in [0.3, 0.4) is 0 Å². The van der Waals surface area contributed by atoms with E-state index in [1.165, 1.54) is 30.5 Å². The molecule has 5 nitrogen and oxygen atoms in total. The first-order valence-electron chi connectivity index (χ1n) is 9.87. The van der Waals surface area contributed by atoms with E-state index in [2.05, 4.69) is 15.0 Å². The summed E-state index contributed by atoms with van der Waals surface area (Å²) >= 11 is 0. The van der Waals surface area contributed by atoms with Gasteiger partial charge in [0.1, 0.15) is 0 Å². The van der Waals surface area contributed by atoms with E-state index in [4.69, 9.17) is 0 Å². The normalized spacial score (nSPS) is 15.7. The van der Waals surface area contributed by atoms with Gasteiger partial charge in [-0.25, -0.2) is 4.98 Å². The van der Waals surface area contributed by atoms with Crippen molar-refractivity contribution in [3.63, 3.8) is 0 Å². The van der Waals surface area contributed by atoms with Crippen LogP contribution in [0, 0.1) is 0 Å². The van der Waals surface area contributed by atoms with Crippen LogP contribution in [-0.2, 0) is 11.8 Å². The molecule has 31 heavy (non-hydrogen) atoms. The SMILES string of the molecule is O=C(c1c[nH]c(-c2nc3ccc(C4(O)CCC4)cc3[nH]2)c1)c1ccccc1C(F)(F)F. The summed E-state index contributed by atoms with van der Waals surface area (Å²) in [7, 11) is 0. The van der Waals surface area contributed by atoms with Crippen LogP contribution in [0.25, 0.3) is 22.6 Å². The number of rotatable bonds is 4. The highest BCUT2D eigenvalue weighted by molar-refractivity contribution is 6.10. The average molecular weight is 425 g/mol. The quantitative estimate of drug-likeness (QED) is 0.394. The first-order chi connectivity index (χ1) is 14.7. The first kappa shape index (κ1) is 19.6. The van der Waals surface area contributed by atoms with E-state index in [0.29, 0.717) is 17.0 Å². The molecule has 158 valence electrons. The standard InChI is InChI=1S/C23H18F3N3O2/c24-23(25,26)16-5-2-1-4-15(16)20(30)13-10-19(27-12-13)21-28-17-7-6-14(11-18(17)29-21)22(31)8-3-9-22/h1-2,4-7,10-12,27,31H,3,8-9H2,(H,28,29). The lowest BCUT2D eigenvalue weighted by atomic mass is 9.75. The van der Waals surface area contributed by atoms with Gasteiger partial charge in [0.25, 0.3) is 0 Å². The van der Waals surface area contributed by atoms with Crippen LogP contribution in [0.1, 0.15) is 46.3 Å². The fourth-order valence-corrected chi connectivity index (χ4v) is 3.97. The van der Waals surface area contributed by atoms with E-state index in [-0.39, 0.29) is 5.56 Å². The van der Waals surface area contributed by atoms with Crippen molar-refractivity contribution in [1.29, 1.82) is 0 Å². The number of benzene rings is 2. The van der Waals surface area contributed by atoms with Gasteiger partial charge in [-0.2, -0.15) is 13.2 Å². The lowest BCUT2D eigenvalue weighted by Crippen LogP contribution is -2.33. The fraction of sp³-hybridized carbons (Fsp3) is 0.217. The minimum atomic E-state index is -4.62. The number of fused-ring (bicyclic) bond motifs is 1. The highest BCUT2D eigenvalue weighted by atomic mass is 19.4. The van der Waals surface area contributed by atoms with Crippen LogP contribution < -0.4 is 0 Å². The van der Waals surface area contributed by atoms with Crippen molar-refractivity contribution in [3.8, 4) is 11.5 Å². The number of halogens is 3. The van der Waals surface area contributed by atoms with Crippen LogP contribution in [0.15, 0.2) is 54.7 Å². The second-order valence-corrected chi connectivity index (χ2v) is 7.88. The number of aliphatic hydroxyl groups is 1. The summed E-state index contributed by atoms with van der Waals surface area (Å²) < 4.78 is 39.8. The highest BCUT2D eigenvalue weighted by Crippen LogP contribution is 2.41. The summed E-state index contributed by atoms with van der Waals surface area (Å²) in [6.45, 7) is 0. The van der Waals surface area contributed by atoms with Gasteiger partial charge in [0, 0.05) is 17.3 Å². The molecule has 4 aromatic rings. The molecule has 0 amide bonds. The van der Waals surface area contributed by atoms with E-state index < -0.39 is 28.7 Å². The largest absolute Gasteiger partial charge is 0.417 e. The molecule has 1 aliphatic carbocycles. The molecule has 0 saturated heterocycles. The number of nitrogens with one attached hydrogen (secondary N) is 2. The van der Waals surface area contributed by atoms with E-state index in [9.17, 15) is 23.1 Å². The number of carbonyl (C=O) groups excluding carboxylic acids is 1. The Kier molecular flexibility index (Phi) is 4.30. The maximum atomic E-state index is 13.3. The van der Waals surface area contributed by atoms with Crippen LogP contribution in [-0.4, -0.2) is 25.8 Å². The Bertz CT molecular complexity index is 1300. The van der Waals surface area contributed by atoms with E-state index in [0.717, 1.165) is 36.4 Å². The Morgan fingerprint density at radius 2 is 1.87 bits per heavy atom. The average Bonchev–Trinajstić information content (AvgIpc) is 3.37. The van der Waals surface area contributed by atoms with Gasteiger partial charge in [-0.15, -0.1) is 0 Å². The zero-order chi connectivity index (χ0) is 21.8. The Hall–Kier alpha value is -3.39. The topological polar surface area (TPSA) is 81.8 Å². The van der Waals surface area contributed by atoms with Crippen LogP contribution >= 0.6 is 0 Å². The molecule has 0 spiro atoms. The number of aromatic amines is 2. The molecule has 0 radical (unpaired) electrons. The molecule has 1 fully saturated rings. The van der Waals surface area contributed by atoms with Crippen molar-refractivity contribution in [2.24, 2.45) is 0 Å². The third-order valence-corrected chi connectivity index (χ3v) is 5.88. The lowest BCUT2D eigenvalue weighted by molar-refractivity contribution is -0.137. The van der Waals surface area contributed by atoms with E-state index in [1.54, 1.807) is 0 Å². The monoisotopic (exact) mass is 425 g/mol. The zero-order valence-corrected chi connectivity index (χ0v) is 16.3. The summed E-state index contributed by atoms with van der Waals surface area (Å²) in [6, 6.07) is 11.7. The van der Waals surface area contributed by atoms with Crippen LogP contribution in [0.2, 0.25) is 0 Å². The number of hydrogen-bond acceptors (Lipinski definition) is 3. The van der Waals surface area contributed by atoms with Gasteiger partial charge in [0.2, 0.25) is 0 Å². The van der Waals surface area contributed by atoms with Gasteiger partial charge in [0.05, 0.1) is 27.9 Å². The molecule has 2 aromatic carbocycles. The smallest absolute Gasteiger partial charge is 0.385 e. The van der Waals surface area contributed by atoms with Crippen LogP contribution in [0.4, 0.5) is 13.2 Å². The second kappa shape index (κ2) is 6.81. The minimum absolute atomic E-state index is 0.108. The summed E-state index contributed by atoms with van der Waals surface area (Å²) in [5.74, 6) is -0.267. The van der Waals surface area contributed by atoms with Crippen molar-refractivity contribution in [1.82, 2.24) is 15.0 Å². The fourth-order valence-electron chi connectivity index (χ4n) is 3.97. The molecule has 1 aliphatic rings. The molecule has 1 saturated carbocycles. The number of ketones is 1. The maximum absolute atomic E-state index is 13.3. The predicted molar refractivity (Wildman–Crippen MR) is 109 cm³/mol. The summed E-state index contributed by atoms with van der Waals surface area (Å²) in [5.41, 5.74) is 0.676. The number of H-pyrrole nitrogens is 2. The molecule has 0 bridgehead atoms. The van der Waals surface area contributed by atoms with Crippen molar-refractivity contribution in [2.45, 2.75) is 31.0 Å². The van der Waals surface area contributed by atoms with Crippen molar-refractivity contribution >= 4 is 16.8 Å². The third-order valence-electron chi connectivity index (χ3n) is 5.88. The van der Waals surface area contributed by atoms with Gasteiger partial charge < -0.3 is 15.1 Å². The van der Waals surface area contributed by atoms with E-state index in [1.807, 2.05) is 18.2 Å². The molecule has 2 heterocycles. The van der Waals surface area contributed by atoms with Crippen molar-refractivity contribution in [3.05, 3.63) is 77.0 Å². The predicted octanol–water partition coefficient (Wildman–Crippen LogP) is 5.18. The van der Waals surface area contributed by atoms with Gasteiger partial charge in [-0.05, 0) is 49.1 Å². The number of aromatic nitrogens is 3. The molecule has 5 rings (SSSR count). The summed E-state index contributed by atoms with van der Waals surface area (Å²) in [6.07, 6.45) is -0.811. The van der Waals surface area contributed by atoms with Crippen molar-refractivity contribution in [2.75, 3.05) is 0 Å². The molecule has 2 aromatic heterocycles. The number of alkyl halides is 3. The van der Waals surface area contributed by atoms with E-state index >= 15 is 0 Å². The van der Waals surface area contributed by atoms with Crippen molar-refractivity contribution < 1.29 is 23.1 Å². The molecular weight excluding hydrogens is 407 g/mol. The Balaban J connectivity index is 1.47. The van der Waals surface area contributed by atoms with Gasteiger partial charge >= 0.3 is 6.18 Å². The van der Waals surface area contributed by atoms with Gasteiger partial charge in [-0.1, -0.05) is 24.3 Å². The Morgan fingerprint density at radius 3 is 2.58 bits per heavy atom. The zero-order valence-electron chi connectivity index (χ0n) is 16.3. The number of hydrogen-bond donors (Lipinski definition) is 3. The Labute approximate surface area is 175 Å². The minimum Gasteiger partial charge on any atom is -0.385 e. The Morgan fingerprint density at radius 1 is 1.10 bits per heavy atom. The summed E-state index contributed by atoms with van der Waals surface area (Å²) in [4.78, 5) is 23.3. The van der Waals surface area contributed by atoms with Gasteiger partial charge in [-0.3, -0.25) is 4.79 Å². The number of carbonyl (C=O) groups is 1. The maximum Gasteiger partial charge on any atom is 0.417 e. The van der Waals surface area contributed by atoms with Gasteiger partial charge in [0.15, 0.2) is 11.6 Å². The summed E-state index contributed by atoms with van der Waals surface area (Å²) in [5, 5.41) is 10.6. The highest BCUT2D eigenvalue weighted by Gasteiger charge is 2.37. The third kappa shape index (κ3) is 3.33. The second-order valence-electron chi connectivity index (χ2n) is 7.88. The number of nitrogens with zero attached hydrogens (tertiary/aromatic N) is 1. The molecule has 3 N–H and O–H groups in total. The number of imidazole rings is 1. The molecule has 0 unspecified atom stereocenters. The van der Waals surface area contributed by atoms with Crippen LogP contribution in [0.5, 0.6) is 0 Å². The molecule has 0 aliphatic heterocycles.